The van der Waals surface area contributed by atoms with Gasteiger partial charge in [0.15, 0.2) is 5.82 Å². The molecule has 0 fully saturated rings. The van der Waals surface area contributed by atoms with Crippen LogP contribution < -0.4 is 0 Å². The lowest BCUT2D eigenvalue weighted by Crippen LogP contribution is -2.08. The van der Waals surface area contributed by atoms with Gasteiger partial charge in [-0.25, -0.2) is 14.4 Å². The molecule has 0 N–H and O–H groups in total. The summed E-state index contributed by atoms with van der Waals surface area (Å²) < 4.78 is 67.4. The van der Waals surface area contributed by atoms with Crippen molar-refractivity contribution < 1.29 is 17.6 Å². The summed E-state index contributed by atoms with van der Waals surface area (Å²) in [6, 6.07) is 102. The van der Waals surface area contributed by atoms with Crippen molar-refractivity contribution in [3.63, 3.8) is 0 Å². The standard InChI is InChI=1S/C83H50F4N6/c84-71-39-32-56(49-70(71)83(85,86)87)73-50-72(51-30-37-60(38-31-51)92-76-28-13-9-24-64(76)68-47-54(35-42-80(68)92)52-33-40-78-66(45-52)62-22-7-11-26-74(62)90(78)58-17-3-1-4-18-58)88-82(89-73)57-16-15-21-61(44-57)93-77-29-14-10-25-65(77)69-48-55(36-43-81(69)93)53-34-41-79-67(46-53)63-23-8-12-27-75(63)91(79)59-19-5-2-6-20-59/h1-50H. The quantitative estimate of drug-likeness (QED) is 0.135. The Morgan fingerprint density at radius 3 is 0.989 bits per heavy atom. The van der Waals surface area contributed by atoms with Crippen LogP contribution in [0.25, 0.3) is 166 Å². The number of alkyl halides is 3. The van der Waals surface area contributed by atoms with Crippen molar-refractivity contribution in [3.05, 3.63) is 315 Å². The number of rotatable bonds is 9. The van der Waals surface area contributed by atoms with E-state index in [1.54, 1.807) is 6.07 Å². The lowest BCUT2D eigenvalue weighted by atomic mass is 10.0. The van der Waals surface area contributed by atoms with Gasteiger partial charge in [-0.05, 0) is 168 Å². The van der Waals surface area contributed by atoms with E-state index in [1.807, 2.05) is 72.8 Å². The molecule has 5 heterocycles. The van der Waals surface area contributed by atoms with Crippen LogP contribution in [0.4, 0.5) is 17.6 Å². The fourth-order valence-corrected chi connectivity index (χ4v) is 14.2. The van der Waals surface area contributed by atoms with Crippen molar-refractivity contribution in [2.45, 2.75) is 6.18 Å². The predicted octanol–water partition coefficient (Wildman–Crippen LogP) is 22.4. The van der Waals surface area contributed by atoms with Gasteiger partial charge in [-0.3, -0.25) is 0 Å². The molecule has 440 valence electrons. The third-order valence-corrected chi connectivity index (χ3v) is 18.5. The molecular weight excluding hydrogens is 1160 g/mol. The van der Waals surface area contributed by atoms with E-state index in [9.17, 15) is 17.6 Å². The van der Waals surface area contributed by atoms with Gasteiger partial charge in [-0.2, -0.15) is 13.2 Å². The Hall–Kier alpha value is -12.1. The highest BCUT2D eigenvalue weighted by atomic mass is 19.4. The minimum Gasteiger partial charge on any atom is -0.309 e. The van der Waals surface area contributed by atoms with Crippen LogP contribution >= 0.6 is 0 Å². The maximum absolute atomic E-state index is 15.0. The van der Waals surface area contributed by atoms with Crippen molar-refractivity contribution >= 4 is 87.2 Å². The number of hydrogen-bond acceptors (Lipinski definition) is 2. The molecule has 5 aromatic heterocycles. The van der Waals surface area contributed by atoms with Crippen molar-refractivity contribution in [2.24, 2.45) is 0 Å². The molecule has 0 spiro atoms. The second kappa shape index (κ2) is 21.0. The van der Waals surface area contributed by atoms with Crippen LogP contribution in [0, 0.1) is 5.82 Å². The fraction of sp³-hybridized carbons (Fsp3) is 0.0120. The van der Waals surface area contributed by atoms with E-state index < -0.39 is 17.6 Å². The summed E-state index contributed by atoms with van der Waals surface area (Å²) in [6.45, 7) is 0. The van der Waals surface area contributed by atoms with E-state index in [4.69, 9.17) is 9.97 Å². The summed E-state index contributed by atoms with van der Waals surface area (Å²) in [5, 5.41) is 9.08. The summed E-state index contributed by atoms with van der Waals surface area (Å²) in [6.07, 6.45) is -4.93. The third kappa shape index (κ3) is 8.78. The SMILES string of the molecule is Fc1ccc(-c2cc(-c3ccc(-n4c5ccccc5c5cc(-c6ccc7c(c6)c6ccccc6n7-c6ccccc6)ccc54)cc3)nc(-c3cccc(-n4c5ccccc5c5cc(-c6ccc7c(c6)c6ccccc6n7-c6ccccc6)ccc54)c3)n2)cc1C(F)(F)F. The highest BCUT2D eigenvalue weighted by Gasteiger charge is 2.34. The largest absolute Gasteiger partial charge is 0.419 e. The van der Waals surface area contributed by atoms with Crippen LogP contribution in [-0.2, 0) is 6.18 Å². The molecule has 0 atom stereocenters. The van der Waals surface area contributed by atoms with Gasteiger partial charge in [0.1, 0.15) is 5.82 Å². The van der Waals surface area contributed by atoms with Crippen molar-refractivity contribution in [2.75, 3.05) is 0 Å². The first-order chi connectivity index (χ1) is 45.6. The molecule has 0 amide bonds. The lowest BCUT2D eigenvalue weighted by molar-refractivity contribution is -0.139. The third-order valence-electron chi connectivity index (χ3n) is 18.5. The molecule has 0 saturated heterocycles. The maximum atomic E-state index is 15.0. The highest BCUT2D eigenvalue weighted by molar-refractivity contribution is 6.15. The number of nitrogens with zero attached hydrogens (tertiary/aromatic N) is 6. The van der Waals surface area contributed by atoms with E-state index in [0.29, 0.717) is 16.8 Å². The van der Waals surface area contributed by atoms with Crippen LogP contribution in [0.3, 0.4) is 0 Å². The first-order valence-corrected chi connectivity index (χ1v) is 30.9. The van der Waals surface area contributed by atoms with E-state index in [2.05, 4.69) is 225 Å². The molecule has 0 bridgehead atoms. The number of halogens is 4. The predicted molar refractivity (Wildman–Crippen MR) is 372 cm³/mol. The molecule has 93 heavy (non-hydrogen) atoms. The topological polar surface area (TPSA) is 45.5 Å². The Balaban J connectivity index is 0.724. The zero-order valence-corrected chi connectivity index (χ0v) is 49.6. The molecule has 0 unspecified atom stereocenters. The second-order valence-electron chi connectivity index (χ2n) is 23.8. The zero-order valence-electron chi connectivity index (χ0n) is 49.6. The van der Waals surface area contributed by atoms with Crippen molar-refractivity contribution in [1.82, 2.24) is 28.2 Å². The molecule has 13 aromatic carbocycles. The minimum atomic E-state index is -4.93. The van der Waals surface area contributed by atoms with Gasteiger partial charge in [0, 0.05) is 82.5 Å². The Kier molecular flexibility index (Phi) is 12.1. The average Bonchev–Trinajstić information content (AvgIpc) is 1.62. The van der Waals surface area contributed by atoms with Gasteiger partial charge in [0.05, 0.1) is 61.1 Å². The first-order valence-electron chi connectivity index (χ1n) is 30.9. The Bertz CT molecular complexity index is 6050. The molecule has 0 saturated carbocycles. The smallest absolute Gasteiger partial charge is 0.309 e. The number of para-hydroxylation sites is 6. The number of hydrogen-bond donors (Lipinski definition) is 0. The second-order valence-corrected chi connectivity index (χ2v) is 23.8. The Morgan fingerprint density at radius 2 is 0.570 bits per heavy atom. The van der Waals surface area contributed by atoms with Crippen LogP contribution in [0.2, 0.25) is 0 Å². The Morgan fingerprint density at radius 1 is 0.237 bits per heavy atom. The van der Waals surface area contributed by atoms with Crippen LogP contribution in [0.5, 0.6) is 0 Å². The normalized spacial score (nSPS) is 12.1. The summed E-state index contributed by atoms with van der Waals surface area (Å²) in [7, 11) is 0. The van der Waals surface area contributed by atoms with Gasteiger partial charge in [0.25, 0.3) is 0 Å². The van der Waals surface area contributed by atoms with E-state index in [0.717, 1.165) is 123 Å². The molecule has 0 aliphatic heterocycles. The summed E-state index contributed by atoms with van der Waals surface area (Å²) in [5.41, 5.74) is 17.8. The van der Waals surface area contributed by atoms with Crippen LogP contribution in [0.15, 0.2) is 303 Å². The Labute approximate surface area is 530 Å². The van der Waals surface area contributed by atoms with Gasteiger partial charge < -0.3 is 18.3 Å². The number of aromatic nitrogens is 6. The molecule has 18 rings (SSSR count). The zero-order chi connectivity index (χ0) is 62.1. The van der Waals surface area contributed by atoms with Gasteiger partial charge in [0.2, 0.25) is 0 Å². The van der Waals surface area contributed by atoms with Crippen molar-refractivity contribution in [1.29, 1.82) is 0 Å². The van der Waals surface area contributed by atoms with E-state index in [-0.39, 0.29) is 17.1 Å². The molecular formula is C83H50F4N6. The number of fused-ring (bicyclic) bond motifs is 12. The summed E-state index contributed by atoms with van der Waals surface area (Å²) in [4.78, 5) is 10.2. The summed E-state index contributed by atoms with van der Waals surface area (Å²) in [5.74, 6) is -1.07. The number of benzene rings is 13. The highest BCUT2D eigenvalue weighted by Crippen LogP contribution is 2.43. The van der Waals surface area contributed by atoms with Crippen molar-refractivity contribution in [3.8, 4) is 78.9 Å². The van der Waals surface area contributed by atoms with Crippen LogP contribution in [0.1, 0.15) is 5.56 Å². The van der Waals surface area contributed by atoms with Gasteiger partial charge in [-0.1, -0.05) is 158 Å². The molecule has 0 aliphatic carbocycles. The molecule has 0 aliphatic rings. The van der Waals surface area contributed by atoms with Gasteiger partial charge >= 0.3 is 6.18 Å². The molecule has 10 heteroatoms. The minimum absolute atomic E-state index is 0.101. The molecule has 0 radical (unpaired) electrons. The molecule has 18 aromatic rings. The summed E-state index contributed by atoms with van der Waals surface area (Å²) >= 11 is 0. The van der Waals surface area contributed by atoms with Gasteiger partial charge in [-0.15, -0.1) is 0 Å². The fourth-order valence-electron chi connectivity index (χ4n) is 14.2. The maximum Gasteiger partial charge on any atom is 0.419 e. The van der Waals surface area contributed by atoms with E-state index in [1.165, 1.54) is 27.6 Å². The average molecular weight is 1210 g/mol. The lowest BCUT2D eigenvalue weighted by Gasteiger charge is -2.14. The van der Waals surface area contributed by atoms with E-state index >= 15 is 0 Å². The monoisotopic (exact) mass is 1210 g/mol. The molecule has 6 nitrogen and oxygen atoms in total. The van der Waals surface area contributed by atoms with Crippen LogP contribution in [-0.4, -0.2) is 28.2 Å². The first kappa shape index (κ1) is 53.8.